The molecule has 2 amide bonds. The fourth-order valence-electron chi connectivity index (χ4n) is 3.99. The highest BCUT2D eigenvalue weighted by atomic mass is 32.1. The number of non-ortho nitro benzene ring substituents is 1. The largest absolute Gasteiger partial charge is 0.514 e. The number of methoxy groups -OCH3 is 1. The quantitative estimate of drug-likeness (QED) is 0.0441. The highest BCUT2D eigenvalue weighted by Gasteiger charge is 2.15. The van der Waals surface area contributed by atoms with Gasteiger partial charge in [-0.1, -0.05) is 6.07 Å². The van der Waals surface area contributed by atoms with Crippen molar-refractivity contribution in [2.75, 3.05) is 65.6 Å². The van der Waals surface area contributed by atoms with Gasteiger partial charge in [0.2, 0.25) is 11.8 Å². The summed E-state index contributed by atoms with van der Waals surface area (Å²) in [6, 6.07) is 10.3. The van der Waals surface area contributed by atoms with Crippen LogP contribution in [0.25, 0.3) is 0 Å². The first kappa shape index (κ1) is 38.3. The number of amides is 2. The van der Waals surface area contributed by atoms with E-state index < -0.39 is 11.1 Å². The van der Waals surface area contributed by atoms with Gasteiger partial charge in [-0.3, -0.25) is 19.7 Å². The molecule has 0 aliphatic carbocycles. The number of nitro groups is 1. The molecule has 2 aromatic rings. The molecule has 0 saturated carbocycles. The molecule has 254 valence electrons. The number of carbonyl (C=O) groups is 3. The van der Waals surface area contributed by atoms with Crippen molar-refractivity contribution in [3.8, 4) is 11.5 Å². The summed E-state index contributed by atoms with van der Waals surface area (Å²) >= 11 is 4.02. The zero-order valence-electron chi connectivity index (χ0n) is 26.3. The minimum absolute atomic E-state index is 0.00717. The standard InChI is InChI=1S/C31H43N3O11S/c1-24(35)33(13-4-15-42-17-19-43-18-16-41-14-3-12-32-30(36)11-20-46)22-26-21-25(5-10-29(26)40-2)23-44-31(37)45-28-8-6-27(7-9-28)34(38)39/h5-10,21,46H,3-4,11-20,22-23H2,1-2H3,(H,32,36). The number of nitrogens with one attached hydrogen (secondary N) is 1. The number of ether oxygens (including phenoxy) is 6. The molecule has 0 aromatic heterocycles. The molecule has 0 fully saturated rings. The van der Waals surface area contributed by atoms with Crippen molar-refractivity contribution in [3.05, 3.63) is 63.7 Å². The second-order valence-electron chi connectivity index (χ2n) is 9.85. The smallest absolute Gasteiger partial charge is 0.496 e. The van der Waals surface area contributed by atoms with Crippen molar-refractivity contribution in [2.45, 2.75) is 39.3 Å². The number of benzene rings is 2. The SMILES string of the molecule is COc1ccc(COC(=O)Oc2ccc([N+](=O)[O-])cc2)cc1CN(CCCOCCOCCOCCCNC(=O)CCS)C(C)=O. The lowest BCUT2D eigenvalue weighted by molar-refractivity contribution is -0.384. The van der Waals surface area contributed by atoms with Gasteiger partial charge in [-0.25, -0.2) is 4.79 Å². The zero-order chi connectivity index (χ0) is 33.6. The maximum Gasteiger partial charge on any atom is 0.514 e. The Kier molecular flexibility index (Phi) is 18.8. The van der Waals surface area contributed by atoms with Gasteiger partial charge in [-0.15, -0.1) is 0 Å². The Morgan fingerprint density at radius 1 is 0.935 bits per heavy atom. The summed E-state index contributed by atoms with van der Waals surface area (Å²) in [4.78, 5) is 47.7. The second kappa shape index (κ2) is 22.6. The Balaban J connectivity index is 1.66. The van der Waals surface area contributed by atoms with Crippen molar-refractivity contribution in [3.63, 3.8) is 0 Å². The van der Waals surface area contributed by atoms with Crippen molar-refractivity contribution in [1.29, 1.82) is 0 Å². The Bertz CT molecular complexity index is 1230. The molecule has 0 heterocycles. The minimum Gasteiger partial charge on any atom is -0.496 e. The van der Waals surface area contributed by atoms with E-state index in [1.807, 2.05) is 0 Å². The van der Waals surface area contributed by atoms with E-state index in [0.29, 0.717) is 82.6 Å². The van der Waals surface area contributed by atoms with Crippen LogP contribution in [0.3, 0.4) is 0 Å². The molecule has 0 radical (unpaired) electrons. The average molecular weight is 666 g/mol. The molecule has 1 N–H and O–H groups in total. The fraction of sp³-hybridized carbons (Fsp3) is 0.516. The highest BCUT2D eigenvalue weighted by Crippen LogP contribution is 2.23. The van der Waals surface area contributed by atoms with Gasteiger partial charge in [0.1, 0.15) is 18.1 Å². The van der Waals surface area contributed by atoms with Gasteiger partial charge in [0, 0.05) is 63.9 Å². The van der Waals surface area contributed by atoms with E-state index in [1.54, 1.807) is 23.1 Å². The molecular weight excluding hydrogens is 622 g/mol. The maximum absolute atomic E-state index is 12.4. The Morgan fingerprint density at radius 3 is 2.20 bits per heavy atom. The first-order chi connectivity index (χ1) is 22.2. The monoisotopic (exact) mass is 665 g/mol. The lowest BCUT2D eigenvalue weighted by Crippen LogP contribution is -2.30. The molecule has 0 atom stereocenters. The van der Waals surface area contributed by atoms with Gasteiger partial charge >= 0.3 is 6.16 Å². The third kappa shape index (κ3) is 15.9. The normalized spacial score (nSPS) is 10.7. The van der Waals surface area contributed by atoms with Crippen molar-refractivity contribution in [2.24, 2.45) is 0 Å². The number of hydrogen-bond acceptors (Lipinski definition) is 12. The number of rotatable bonds is 23. The van der Waals surface area contributed by atoms with Crippen molar-refractivity contribution >= 4 is 36.3 Å². The zero-order valence-corrected chi connectivity index (χ0v) is 27.2. The molecule has 15 heteroatoms. The van der Waals surface area contributed by atoms with E-state index in [9.17, 15) is 24.5 Å². The van der Waals surface area contributed by atoms with Crippen molar-refractivity contribution < 1.29 is 47.7 Å². The third-order valence-electron chi connectivity index (χ3n) is 6.34. The number of hydrogen-bond donors (Lipinski definition) is 2. The average Bonchev–Trinajstić information content (AvgIpc) is 3.03. The van der Waals surface area contributed by atoms with E-state index in [-0.39, 0.29) is 36.4 Å². The molecule has 2 aromatic carbocycles. The third-order valence-corrected chi connectivity index (χ3v) is 6.57. The van der Waals surface area contributed by atoms with Crippen LogP contribution in [0.15, 0.2) is 42.5 Å². The Hall–Kier alpha value is -3.92. The number of carbonyl (C=O) groups excluding carboxylic acids is 3. The first-order valence-corrected chi connectivity index (χ1v) is 15.5. The molecule has 0 bridgehead atoms. The lowest BCUT2D eigenvalue weighted by Gasteiger charge is -2.23. The first-order valence-electron chi connectivity index (χ1n) is 14.8. The predicted octanol–water partition coefficient (Wildman–Crippen LogP) is 3.93. The van der Waals surface area contributed by atoms with Crippen LogP contribution >= 0.6 is 12.6 Å². The van der Waals surface area contributed by atoms with Gasteiger partial charge in [0.05, 0.1) is 38.5 Å². The maximum atomic E-state index is 12.4. The van der Waals surface area contributed by atoms with E-state index >= 15 is 0 Å². The Morgan fingerprint density at radius 2 is 1.59 bits per heavy atom. The molecule has 0 saturated heterocycles. The molecule has 0 aliphatic heterocycles. The minimum atomic E-state index is -0.964. The summed E-state index contributed by atoms with van der Waals surface area (Å²) in [6.07, 6.45) is 0.798. The summed E-state index contributed by atoms with van der Waals surface area (Å²) in [5.41, 5.74) is 1.26. The fourth-order valence-corrected chi connectivity index (χ4v) is 4.20. The van der Waals surface area contributed by atoms with Crippen LogP contribution < -0.4 is 14.8 Å². The van der Waals surface area contributed by atoms with Gasteiger partial charge in [0.15, 0.2) is 0 Å². The van der Waals surface area contributed by atoms with Crippen molar-refractivity contribution in [1.82, 2.24) is 10.2 Å². The van der Waals surface area contributed by atoms with Crippen LogP contribution in [0, 0.1) is 10.1 Å². The van der Waals surface area contributed by atoms with E-state index in [0.717, 1.165) is 12.0 Å². The highest BCUT2D eigenvalue weighted by molar-refractivity contribution is 7.80. The van der Waals surface area contributed by atoms with Crippen LogP contribution in [-0.4, -0.2) is 93.4 Å². The van der Waals surface area contributed by atoms with Crippen LogP contribution in [0.2, 0.25) is 0 Å². The van der Waals surface area contributed by atoms with Crippen LogP contribution in [0.1, 0.15) is 37.3 Å². The summed E-state index contributed by atoms with van der Waals surface area (Å²) in [7, 11) is 1.53. The number of nitro benzene ring substituents is 1. The summed E-state index contributed by atoms with van der Waals surface area (Å²) in [5, 5.41) is 13.6. The Labute approximate surface area is 274 Å². The molecule has 0 unspecified atom stereocenters. The van der Waals surface area contributed by atoms with Crippen LogP contribution in [0.5, 0.6) is 11.5 Å². The summed E-state index contributed by atoms with van der Waals surface area (Å²) in [5.74, 6) is 1.10. The van der Waals surface area contributed by atoms with Gasteiger partial charge in [0.25, 0.3) is 5.69 Å². The van der Waals surface area contributed by atoms with Gasteiger partial charge in [-0.05, 0) is 48.4 Å². The van der Waals surface area contributed by atoms with Crippen LogP contribution in [0.4, 0.5) is 10.5 Å². The predicted molar refractivity (Wildman–Crippen MR) is 171 cm³/mol. The van der Waals surface area contributed by atoms with Gasteiger partial charge < -0.3 is 38.6 Å². The number of thiol groups is 1. The summed E-state index contributed by atoms with van der Waals surface area (Å²) in [6.45, 7) is 5.45. The number of nitrogens with zero attached hydrogens (tertiary/aromatic N) is 2. The molecule has 2 rings (SSSR count). The molecular formula is C31H43N3O11S. The molecule has 46 heavy (non-hydrogen) atoms. The van der Waals surface area contributed by atoms with E-state index in [1.165, 1.54) is 38.3 Å². The second-order valence-corrected chi connectivity index (χ2v) is 10.3. The molecule has 0 aliphatic rings. The lowest BCUT2D eigenvalue weighted by atomic mass is 10.1. The van der Waals surface area contributed by atoms with Crippen LogP contribution in [-0.2, 0) is 41.7 Å². The topological polar surface area (TPSA) is 165 Å². The van der Waals surface area contributed by atoms with E-state index in [2.05, 4.69) is 17.9 Å². The molecule has 14 nitrogen and oxygen atoms in total. The summed E-state index contributed by atoms with van der Waals surface area (Å²) < 4.78 is 32.3. The van der Waals surface area contributed by atoms with E-state index in [4.69, 9.17) is 28.4 Å². The molecule has 0 spiro atoms. The van der Waals surface area contributed by atoms with Gasteiger partial charge in [-0.2, -0.15) is 12.6 Å².